The number of ether oxygens (including phenoxy) is 2. The fourth-order valence-electron chi connectivity index (χ4n) is 2.72. The summed E-state index contributed by atoms with van der Waals surface area (Å²) >= 11 is 3.23. The van der Waals surface area contributed by atoms with Crippen LogP contribution in [0.25, 0.3) is 19.5 Å². The fourth-order valence-corrected chi connectivity index (χ4v) is 5.14. The monoisotopic (exact) mass is 369 g/mol. The molecule has 2 heterocycles. The Kier molecular flexibility index (Phi) is 4.07. The zero-order chi connectivity index (χ0) is 17.4. The minimum atomic E-state index is -0.121. The lowest BCUT2D eigenvalue weighted by Gasteiger charge is -2.10. The maximum absolute atomic E-state index is 12.6. The van der Waals surface area contributed by atoms with Gasteiger partial charge in [-0.15, -0.1) is 22.7 Å². The average molecular weight is 369 g/mol. The molecule has 1 amide bonds. The van der Waals surface area contributed by atoms with Crippen LogP contribution in [0.15, 0.2) is 48.5 Å². The number of carbonyl (C=O) groups excluding carboxylic acids is 1. The highest BCUT2D eigenvalue weighted by atomic mass is 32.1. The van der Waals surface area contributed by atoms with Crippen LogP contribution in [0.3, 0.4) is 0 Å². The molecular weight excluding hydrogens is 354 g/mol. The molecule has 0 bridgehead atoms. The summed E-state index contributed by atoms with van der Waals surface area (Å²) in [7, 11) is 3.15. The molecule has 0 unspecified atom stereocenters. The molecule has 0 spiro atoms. The molecule has 0 aliphatic heterocycles. The van der Waals surface area contributed by atoms with Gasteiger partial charge in [0.05, 0.1) is 23.8 Å². The maximum Gasteiger partial charge on any atom is 0.265 e. The Bertz CT molecular complexity index is 1080. The molecule has 2 aromatic carbocycles. The molecule has 1 N–H and O–H groups in total. The normalized spacial score (nSPS) is 11.0. The van der Waals surface area contributed by atoms with Crippen LogP contribution in [0, 0.1) is 0 Å². The minimum Gasteiger partial charge on any atom is -0.493 e. The predicted octanol–water partition coefficient (Wildman–Crippen LogP) is 5.39. The number of benzene rings is 2. The van der Waals surface area contributed by atoms with Crippen molar-refractivity contribution in [2.24, 2.45) is 0 Å². The molecule has 4 nitrogen and oxygen atoms in total. The summed E-state index contributed by atoms with van der Waals surface area (Å²) in [6.07, 6.45) is 0. The summed E-state index contributed by atoms with van der Waals surface area (Å²) in [5.74, 6) is 1.09. The highest BCUT2D eigenvalue weighted by Gasteiger charge is 2.15. The molecule has 4 rings (SSSR count). The van der Waals surface area contributed by atoms with E-state index in [1.807, 2.05) is 18.2 Å². The number of carbonyl (C=O) groups is 1. The van der Waals surface area contributed by atoms with Gasteiger partial charge in [0.1, 0.15) is 0 Å². The van der Waals surface area contributed by atoms with E-state index in [1.165, 1.54) is 21.4 Å². The third-order valence-corrected chi connectivity index (χ3v) is 6.33. The van der Waals surface area contributed by atoms with Crippen LogP contribution in [0.1, 0.15) is 9.67 Å². The molecule has 0 fully saturated rings. The Labute approximate surface area is 152 Å². The van der Waals surface area contributed by atoms with Crippen molar-refractivity contribution in [1.29, 1.82) is 0 Å². The first-order valence-electron chi connectivity index (χ1n) is 7.64. The number of hydrogen-bond donors (Lipinski definition) is 1. The highest BCUT2D eigenvalue weighted by Crippen LogP contribution is 2.39. The second-order valence-corrected chi connectivity index (χ2v) is 7.56. The molecular formula is C19H15NO3S2. The van der Waals surface area contributed by atoms with Crippen molar-refractivity contribution < 1.29 is 14.3 Å². The van der Waals surface area contributed by atoms with Crippen LogP contribution < -0.4 is 14.8 Å². The lowest BCUT2D eigenvalue weighted by atomic mass is 10.2. The molecule has 0 aliphatic rings. The molecule has 0 saturated carbocycles. The first-order chi connectivity index (χ1) is 12.2. The van der Waals surface area contributed by atoms with Crippen molar-refractivity contribution in [2.75, 3.05) is 19.5 Å². The molecule has 4 aromatic rings. The Morgan fingerprint density at radius 3 is 2.52 bits per heavy atom. The van der Waals surface area contributed by atoms with E-state index in [4.69, 9.17) is 9.47 Å². The Morgan fingerprint density at radius 1 is 0.920 bits per heavy atom. The number of rotatable bonds is 4. The van der Waals surface area contributed by atoms with Gasteiger partial charge in [0, 0.05) is 26.5 Å². The molecule has 126 valence electrons. The van der Waals surface area contributed by atoms with Crippen LogP contribution in [0.5, 0.6) is 11.5 Å². The summed E-state index contributed by atoms with van der Waals surface area (Å²) in [6, 6.07) is 15.5. The van der Waals surface area contributed by atoms with Gasteiger partial charge in [-0.05, 0) is 24.3 Å². The first-order valence-corrected chi connectivity index (χ1v) is 9.27. The van der Waals surface area contributed by atoms with Crippen molar-refractivity contribution >= 4 is 53.8 Å². The SMILES string of the molecule is COc1ccc(NC(=O)c2cc3sc4ccccc4c3s2)cc1OC. The van der Waals surface area contributed by atoms with Crippen LogP contribution in [0.2, 0.25) is 0 Å². The van der Waals surface area contributed by atoms with Crippen LogP contribution >= 0.6 is 22.7 Å². The van der Waals surface area contributed by atoms with Crippen LogP contribution in [-0.2, 0) is 0 Å². The zero-order valence-corrected chi connectivity index (χ0v) is 15.3. The van der Waals surface area contributed by atoms with Gasteiger partial charge in [0.2, 0.25) is 0 Å². The number of hydrogen-bond acceptors (Lipinski definition) is 5. The number of anilines is 1. The van der Waals surface area contributed by atoms with E-state index < -0.39 is 0 Å². The smallest absolute Gasteiger partial charge is 0.265 e. The lowest BCUT2D eigenvalue weighted by Crippen LogP contribution is -2.10. The van der Waals surface area contributed by atoms with E-state index in [2.05, 4.69) is 17.4 Å². The Balaban J connectivity index is 1.63. The standard InChI is InChI=1S/C19H15NO3S2/c1-22-13-8-7-11(9-14(13)23-2)20-19(21)17-10-16-18(25-17)12-5-3-4-6-15(12)24-16/h3-10H,1-2H3,(H,20,21). The lowest BCUT2D eigenvalue weighted by molar-refractivity contribution is 0.103. The number of amides is 1. The predicted molar refractivity (Wildman–Crippen MR) is 105 cm³/mol. The number of fused-ring (bicyclic) bond motifs is 3. The molecule has 6 heteroatoms. The number of thiophene rings is 2. The van der Waals surface area contributed by atoms with Crippen molar-refractivity contribution in [3.63, 3.8) is 0 Å². The van der Waals surface area contributed by atoms with Gasteiger partial charge in [0.15, 0.2) is 11.5 Å². The molecule has 0 saturated heterocycles. The van der Waals surface area contributed by atoms with Gasteiger partial charge < -0.3 is 14.8 Å². The summed E-state index contributed by atoms with van der Waals surface area (Å²) in [4.78, 5) is 13.3. The maximum atomic E-state index is 12.6. The van der Waals surface area contributed by atoms with E-state index in [9.17, 15) is 4.79 Å². The van der Waals surface area contributed by atoms with E-state index >= 15 is 0 Å². The van der Waals surface area contributed by atoms with Crippen LogP contribution in [0.4, 0.5) is 5.69 Å². The van der Waals surface area contributed by atoms with Crippen molar-refractivity contribution in [1.82, 2.24) is 0 Å². The number of methoxy groups -OCH3 is 2. The molecule has 0 aliphatic carbocycles. The molecule has 0 atom stereocenters. The van der Waals surface area contributed by atoms with Crippen molar-refractivity contribution in [3.8, 4) is 11.5 Å². The van der Waals surface area contributed by atoms with Gasteiger partial charge >= 0.3 is 0 Å². The van der Waals surface area contributed by atoms with Gasteiger partial charge in [-0.2, -0.15) is 0 Å². The van der Waals surface area contributed by atoms with Gasteiger partial charge in [-0.3, -0.25) is 4.79 Å². The van der Waals surface area contributed by atoms with Crippen molar-refractivity contribution in [3.05, 3.63) is 53.4 Å². The largest absolute Gasteiger partial charge is 0.493 e. The van der Waals surface area contributed by atoms with Crippen molar-refractivity contribution in [2.45, 2.75) is 0 Å². The van der Waals surface area contributed by atoms with Gasteiger partial charge in [-0.1, -0.05) is 18.2 Å². The third-order valence-electron chi connectivity index (χ3n) is 3.91. The molecule has 0 radical (unpaired) electrons. The summed E-state index contributed by atoms with van der Waals surface area (Å²) < 4.78 is 14.0. The number of nitrogens with one attached hydrogen (secondary N) is 1. The Morgan fingerprint density at radius 2 is 1.72 bits per heavy atom. The minimum absolute atomic E-state index is 0.121. The average Bonchev–Trinajstić information content (AvgIpc) is 3.19. The zero-order valence-electron chi connectivity index (χ0n) is 13.7. The van der Waals surface area contributed by atoms with Crippen LogP contribution in [-0.4, -0.2) is 20.1 Å². The van der Waals surface area contributed by atoms with E-state index in [1.54, 1.807) is 43.8 Å². The Hall–Kier alpha value is -2.57. The summed E-state index contributed by atoms with van der Waals surface area (Å²) in [6.45, 7) is 0. The third kappa shape index (κ3) is 2.83. The second-order valence-electron chi connectivity index (χ2n) is 5.43. The second kappa shape index (κ2) is 6.38. The summed E-state index contributed by atoms with van der Waals surface area (Å²) in [5, 5.41) is 4.13. The quantitative estimate of drug-likeness (QED) is 0.525. The van der Waals surface area contributed by atoms with Gasteiger partial charge in [0.25, 0.3) is 5.91 Å². The van der Waals surface area contributed by atoms with E-state index in [-0.39, 0.29) is 5.91 Å². The summed E-state index contributed by atoms with van der Waals surface area (Å²) in [5.41, 5.74) is 0.671. The van der Waals surface area contributed by atoms with Gasteiger partial charge in [-0.25, -0.2) is 0 Å². The van der Waals surface area contributed by atoms with E-state index in [0.717, 1.165) is 9.40 Å². The first kappa shape index (κ1) is 15.9. The molecule has 25 heavy (non-hydrogen) atoms. The van der Waals surface area contributed by atoms with E-state index in [0.29, 0.717) is 22.1 Å². The fraction of sp³-hybridized carbons (Fsp3) is 0.105. The molecule has 2 aromatic heterocycles. The topological polar surface area (TPSA) is 47.6 Å². The highest BCUT2D eigenvalue weighted by molar-refractivity contribution is 7.33.